The molecule has 6 heterocycles. The normalized spacial score (nSPS) is 12.8. The van der Waals surface area contributed by atoms with Crippen molar-refractivity contribution in [1.82, 2.24) is 13.5 Å². The second-order valence-corrected chi connectivity index (χ2v) is 24.4. The number of fused-ring (bicyclic) bond motifs is 16. The van der Waals surface area contributed by atoms with Crippen molar-refractivity contribution in [3.63, 3.8) is 0 Å². The minimum atomic E-state index is -0.148. The van der Waals surface area contributed by atoms with Crippen molar-refractivity contribution in [2.24, 2.45) is 0 Å². The van der Waals surface area contributed by atoms with Gasteiger partial charge >= 0.3 is 0 Å². The molecule has 0 amide bonds. The molecule has 0 radical (unpaired) electrons. The summed E-state index contributed by atoms with van der Waals surface area (Å²) in [4.78, 5) is 5.17. The van der Waals surface area contributed by atoms with E-state index in [1.165, 1.54) is 120 Å². The van der Waals surface area contributed by atoms with Crippen LogP contribution in [0.4, 0.5) is 34.1 Å². The van der Waals surface area contributed by atoms with Crippen LogP contribution in [0.1, 0.15) is 0 Å². The third-order valence-electron chi connectivity index (χ3n) is 19.7. The zero-order valence-corrected chi connectivity index (χ0v) is 48.8. The van der Waals surface area contributed by atoms with Crippen molar-refractivity contribution >= 4 is 139 Å². The van der Waals surface area contributed by atoms with Gasteiger partial charge in [0, 0.05) is 88.6 Å². The highest BCUT2D eigenvalue weighted by molar-refractivity contribution is 7.00. The first-order valence-electron chi connectivity index (χ1n) is 31.2. The van der Waals surface area contributed by atoms with Crippen LogP contribution in [0.15, 0.2) is 315 Å². The lowest BCUT2D eigenvalue weighted by Crippen LogP contribution is -2.61. The standard InChI is InChI=1S/C84H52BN5/c1-3-18-53(19-4-1)55-34-39-59(40-35-55)86-79-51-61(88-73-29-12-7-22-63(73)64-23-8-13-30-74(64)88)43-45-71(79)85-72-46-44-62(89-75-31-14-9-24-65(75)66-25-10-15-32-76(66)89)52-80(72)87(60-41-36-56(37-42-60)54-20-5-2-6-21-54)82-50-58(49-81(86)83(82)85)57-38-47-78-70(48-57)69-28-17-27-68-67-26-11-16-33-77(67)90(78)84(68)69/h1-52H. The minimum Gasteiger partial charge on any atom is -0.311 e. The maximum absolute atomic E-state index is 2.58. The monoisotopic (exact) mass is 1140 g/mol. The van der Waals surface area contributed by atoms with Gasteiger partial charge in [-0.3, -0.25) is 0 Å². The van der Waals surface area contributed by atoms with Gasteiger partial charge in [0.05, 0.1) is 38.6 Å². The van der Waals surface area contributed by atoms with Crippen LogP contribution in [0, 0.1) is 0 Å². The highest BCUT2D eigenvalue weighted by atomic mass is 15.2. The number of anilines is 6. The smallest absolute Gasteiger partial charge is 0.252 e. The van der Waals surface area contributed by atoms with Crippen molar-refractivity contribution in [2.75, 3.05) is 9.80 Å². The fourth-order valence-electron chi connectivity index (χ4n) is 15.8. The quantitative estimate of drug-likeness (QED) is 0.148. The van der Waals surface area contributed by atoms with Crippen molar-refractivity contribution in [1.29, 1.82) is 0 Å². The van der Waals surface area contributed by atoms with E-state index in [-0.39, 0.29) is 6.71 Å². The second kappa shape index (κ2) is 18.8. The lowest BCUT2D eigenvalue weighted by atomic mass is 9.33. The van der Waals surface area contributed by atoms with E-state index in [4.69, 9.17) is 0 Å². The van der Waals surface area contributed by atoms with Crippen LogP contribution in [0.5, 0.6) is 0 Å². The fraction of sp³-hybridized carbons (Fsp3) is 0. The predicted molar refractivity (Wildman–Crippen MR) is 380 cm³/mol. The van der Waals surface area contributed by atoms with Gasteiger partial charge in [-0.2, -0.15) is 0 Å². The summed E-state index contributed by atoms with van der Waals surface area (Å²) in [7, 11) is 0. The molecule has 0 bridgehead atoms. The van der Waals surface area contributed by atoms with Crippen LogP contribution in [0.2, 0.25) is 0 Å². The summed E-state index contributed by atoms with van der Waals surface area (Å²) in [5, 5.41) is 10.0. The Balaban J connectivity index is 0.894. The van der Waals surface area contributed by atoms with Crippen LogP contribution < -0.4 is 26.2 Å². The van der Waals surface area contributed by atoms with Crippen molar-refractivity contribution in [3.8, 4) is 44.8 Å². The molecule has 0 aliphatic carbocycles. The molecule has 0 unspecified atom stereocenters. The van der Waals surface area contributed by atoms with Crippen LogP contribution in [-0.4, -0.2) is 20.2 Å². The molecule has 0 saturated heterocycles. The molecule has 6 heteroatoms. The summed E-state index contributed by atoms with van der Waals surface area (Å²) in [6.07, 6.45) is 0. The molecule has 0 atom stereocenters. The highest BCUT2D eigenvalue weighted by Crippen LogP contribution is 2.49. The first-order chi connectivity index (χ1) is 44.7. The van der Waals surface area contributed by atoms with Gasteiger partial charge in [0.1, 0.15) is 0 Å². The molecule has 0 spiro atoms. The molecule has 2 aliphatic rings. The number of hydrogen-bond donors (Lipinski definition) is 0. The maximum Gasteiger partial charge on any atom is 0.252 e. The average Bonchev–Trinajstić information content (AvgIpc) is 1.16. The number of nitrogens with zero attached hydrogens (tertiary/aromatic N) is 5. The Morgan fingerprint density at radius 2 is 0.567 bits per heavy atom. The summed E-state index contributed by atoms with van der Waals surface area (Å²) in [5.41, 5.74) is 28.2. The van der Waals surface area contributed by atoms with Gasteiger partial charge in [-0.05, 0) is 153 Å². The summed E-state index contributed by atoms with van der Waals surface area (Å²) < 4.78 is 7.42. The summed E-state index contributed by atoms with van der Waals surface area (Å²) in [5.74, 6) is 0. The van der Waals surface area contributed by atoms with E-state index in [1.807, 2.05) is 0 Å². The Kier molecular flexibility index (Phi) is 10.3. The first kappa shape index (κ1) is 49.3. The number of rotatable bonds is 7. The van der Waals surface area contributed by atoms with Gasteiger partial charge in [-0.1, -0.05) is 212 Å². The molecule has 0 N–H and O–H groups in total. The Hall–Kier alpha value is -11.9. The predicted octanol–water partition coefficient (Wildman–Crippen LogP) is 20.1. The van der Waals surface area contributed by atoms with Crippen LogP contribution in [0.25, 0.3) is 126 Å². The molecule has 4 aromatic heterocycles. The number of aromatic nitrogens is 3. The molecule has 0 saturated carbocycles. The van der Waals surface area contributed by atoms with Crippen LogP contribution in [-0.2, 0) is 0 Å². The van der Waals surface area contributed by atoms with Crippen molar-refractivity contribution in [2.45, 2.75) is 0 Å². The first-order valence-corrected chi connectivity index (χ1v) is 31.2. The lowest BCUT2D eigenvalue weighted by Gasteiger charge is -2.44. The molecule has 20 rings (SSSR count). The van der Waals surface area contributed by atoms with E-state index >= 15 is 0 Å². The van der Waals surface area contributed by atoms with Crippen molar-refractivity contribution < 1.29 is 0 Å². The third-order valence-corrected chi connectivity index (χ3v) is 19.7. The second-order valence-electron chi connectivity index (χ2n) is 24.4. The van der Waals surface area contributed by atoms with Gasteiger partial charge in [0.25, 0.3) is 6.71 Å². The van der Waals surface area contributed by atoms with Crippen LogP contribution in [0.3, 0.4) is 0 Å². The number of hydrogen-bond acceptors (Lipinski definition) is 2. The maximum atomic E-state index is 2.58. The summed E-state index contributed by atoms with van der Waals surface area (Å²) in [6.45, 7) is -0.148. The zero-order valence-electron chi connectivity index (χ0n) is 48.8. The molecule has 14 aromatic carbocycles. The van der Waals surface area contributed by atoms with Gasteiger partial charge in [0.2, 0.25) is 0 Å². The molecule has 0 fully saturated rings. The molecular weight excluding hydrogens is 1090 g/mol. The molecule has 2 aliphatic heterocycles. The molecule has 416 valence electrons. The van der Waals surface area contributed by atoms with E-state index < -0.39 is 0 Å². The highest BCUT2D eigenvalue weighted by Gasteiger charge is 2.44. The van der Waals surface area contributed by atoms with Crippen LogP contribution >= 0.6 is 0 Å². The van der Waals surface area contributed by atoms with Gasteiger partial charge in [0.15, 0.2) is 0 Å². The summed E-state index contributed by atoms with van der Waals surface area (Å²) >= 11 is 0. The van der Waals surface area contributed by atoms with Gasteiger partial charge in [-0.15, -0.1) is 0 Å². The molecule has 90 heavy (non-hydrogen) atoms. The third kappa shape index (κ3) is 6.98. The number of para-hydroxylation sites is 6. The lowest BCUT2D eigenvalue weighted by molar-refractivity contribution is 1.17. The largest absolute Gasteiger partial charge is 0.311 e. The molecule has 5 nitrogen and oxygen atoms in total. The van der Waals surface area contributed by atoms with E-state index in [1.54, 1.807) is 0 Å². The zero-order chi connectivity index (χ0) is 58.7. The Bertz CT molecular complexity index is 5600. The van der Waals surface area contributed by atoms with E-state index in [0.717, 1.165) is 56.6 Å². The minimum absolute atomic E-state index is 0.148. The molecule has 18 aromatic rings. The Morgan fingerprint density at radius 3 is 1.03 bits per heavy atom. The average molecular weight is 1140 g/mol. The fourth-order valence-corrected chi connectivity index (χ4v) is 15.8. The Morgan fingerprint density at radius 1 is 0.211 bits per heavy atom. The van der Waals surface area contributed by atoms with E-state index in [0.29, 0.717) is 0 Å². The number of benzene rings is 14. The Labute approximate surface area is 519 Å². The van der Waals surface area contributed by atoms with E-state index in [9.17, 15) is 0 Å². The van der Waals surface area contributed by atoms with E-state index in [2.05, 4.69) is 339 Å². The topological polar surface area (TPSA) is 20.8 Å². The van der Waals surface area contributed by atoms with Crippen molar-refractivity contribution in [3.05, 3.63) is 315 Å². The molecular formula is C84H52BN5. The van der Waals surface area contributed by atoms with Gasteiger partial charge < -0.3 is 23.3 Å². The van der Waals surface area contributed by atoms with Gasteiger partial charge in [-0.25, -0.2) is 0 Å². The summed E-state index contributed by atoms with van der Waals surface area (Å²) in [6, 6.07) is 118. The SMILES string of the molecule is c1ccc(-c2ccc(N3c4cc(-n5c6ccccc6c6ccccc65)ccc4B4c5ccc(-n6c7ccccc7c7ccccc76)cc5N(c5ccc(-c6ccccc6)cc5)c5cc(-c6ccc7c(c6)c6cccc8c9ccccc9n7c86)cc3c54)cc2)cc1.